The van der Waals surface area contributed by atoms with E-state index in [9.17, 15) is 0 Å². The van der Waals surface area contributed by atoms with Gasteiger partial charge in [-0.15, -0.1) is 0 Å². The first kappa shape index (κ1) is 13.2. The molecule has 0 fully saturated rings. The third-order valence-electron chi connectivity index (χ3n) is 4.55. The molecule has 1 aliphatic heterocycles. The summed E-state index contributed by atoms with van der Waals surface area (Å²) in [7, 11) is 2.04. The van der Waals surface area contributed by atoms with Crippen LogP contribution in [0.1, 0.15) is 22.6 Å². The second-order valence-electron chi connectivity index (χ2n) is 6.07. The van der Waals surface area contributed by atoms with Crippen LogP contribution in [-0.4, -0.2) is 14.5 Å². The SMILES string of the molecule is Cc1cc(-c2c(C)c(C)cc3c2nc2n3C=CC2)[n+](C)cn1. The molecule has 0 saturated carbocycles. The standard InChI is InChI=1S/C18H19N4/c1-11-8-15-18(20-16-6-5-7-22(15)16)17(13(11)3)14-9-12(2)19-10-21(14)4/h5,7-10H,6H2,1-4H3/q+1. The van der Waals surface area contributed by atoms with Crippen molar-refractivity contribution in [1.29, 1.82) is 0 Å². The van der Waals surface area contributed by atoms with Crippen LogP contribution in [-0.2, 0) is 13.5 Å². The van der Waals surface area contributed by atoms with E-state index in [2.05, 4.69) is 52.4 Å². The van der Waals surface area contributed by atoms with Crippen LogP contribution in [0.15, 0.2) is 24.5 Å². The molecule has 2 aromatic heterocycles. The van der Waals surface area contributed by atoms with Crippen molar-refractivity contribution >= 4 is 17.2 Å². The van der Waals surface area contributed by atoms with Gasteiger partial charge < -0.3 is 4.57 Å². The molecule has 0 bridgehead atoms. The van der Waals surface area contributed by atoms with E-state index in [1.807, 2.05) is 20.3 Å². The lowest BCUT2D eigenvalue weighted by atomic mass is 9.98. The van der Waals surface area contributed by atoms with Gasteiger partial charge >= 0.3 is 0 Å². The molecule has 3 heterocycles. The van der Waals surface area contributed by atoms with Crippen molar-refractivity contribution in [3.63, 3.8) is 0 Å². The first-order chi connectivity index (χ1) is 10.6. The van der Waals surface area contributed by atoms with Gasteiger partial charge in [-0.3, -0.25) is 0 Å². The highest BCUT2D eigenvalue weighted by Gasteiger charge is 2.22. The molecule has 3 aromatic rings. The molecule has 22 heavy (non-hydrogen) atoms. The zero-order valence-electron chi connectivity index (χ0n) is 13.4. The zero-order chi connectivity index (χ0) is 15.4. The summed E-state index contributed by atoms with van der Waals surface area (Å²) in [5.74, 6) is 1.12. The fourth-order valence-electron chi connectivity index (χ4n) is 3.22. The summed E-state index contributed by atoms with van der Waals surface area (Å²) < 4.78 is 4.29. The molecule has 0 aliphatic carbocycles. The molecule has 0 atom stereocenters. The summed E-state index contributed by atoms with van der Waals surface area (Å²) in [6.45, 7) is 6.38. The summed E-state index contributed by atoms with van der Waals surface area (Å²) in [5, 5.41) is 0. The Morgan fingerprint density at radius 2 is 2.00 bits per heavy atom. The smallest absolute Gasteiger partial charge is 0.286 e. The van der Waals surface area contributed by atoms with Crippen LogP contribution in [0, 0.1) is 20.8 Å². The van der Waals surface area contributed by atoms with E-state index in [4.69, 9.17) is 4.98 Å². The van der Waals surface area contributed by atoms with Gasteiger partial charge in [0.25, 0.3) is 6.33 Å². The maximum Gasteiger partial charge on any atom is 0.286 e. The number of fused-ring (bicyclic) bond motifs is 3. The maximum atomic E-state index is 4.91. The molecule has 0 spiro atoms. The van der Waals surface area contributed by atoms with Crippen LogP contribution in [0.5, 0.6) is 0 Å². The number of aryl methyl sites for hydroxylation is 3. The minimum atomic E-state index is 0.910. The molecule has 0 saturated heterocycles. The topological polar surface area (TPSA) is 34.6 Å². The zero-order valence-corrected chi connectivity index (χ0v) is 13.4. The van der Waals surface area contributed by atoms with Gasteiger partial charge in [-0.05, 0) is 31.0 Å². The molecule has 1 aliphatic rings. The summed E-state index contributed by atoms with van der Waals surface area (Å²) in [6, 6.07) is 4.38. The lowest BCUT2D eigenvalue weighted by Crippen LogP contribution is -2.32. The van der Waals surface area contributed by atoms with Crippen LogP contribution in [0.2, 0.25) is 0 Å². The molecule has 0 unspecified atom stereocenters. The normalized spacial score (nSPS) is 13.1. The highest BCUT2D eigenvalue weighted by molar-refractivity contribution is 5.95. The van der Waals surface area contributed by atoms with E-state index in [-0.39, 0.29) is 0 Å². The fraction of sp³-hybridized carbons (Fsp3) is 0.278. The molecule has 1 aromatic carbocycles. The van der Waals surface area contributed by atoms with Gasteiger partial charge in [0.05, 0.1) is 18.1 Å². The van der Waals surface area contributed by atoms with Crippen molar-refractivity contribution < 1.29 is 4.57 Å². The molecule has 110 valence electrons. The Balaban J connectivity index is 2.15. The summed E-state index contributed by atoms with van der Waals surface area (Å²) in [4.78, 5) is 9.28. The summed E-state index contributed by atoms with van der Waals surface area (Å²) in [5.41, 5.74) is 8.26. The second-order valence-corrected chi connectivity index (χ2v) is 6.07. The van der Waals surface area contributed by atoms with E-state index < -0.39 is 0 Å². The molecule has 0 radical (unpaired) electrons. The van der Waals surface area contributed by atoms with Gasteiger partial charge in [-0.2, -0.15) is 0 Å². The van der Waals surface area contributed by atoms with Gasteiger partial charge in [0.1, 0.15) is 17.0 Å². The number of imidazole rings is 1. The minimum absolute atomic E-state index is 0.910. The third kappa shape index (κ3) is 1.73. The first-order valence-corrected chi connectivity index (χ1v) is 7.56. The average molecular weight is 291 g/mol. The number of hydrogen-bond acceptors (Lipinski definition) is 2. The summed E-state index contributed by atoms with van der Waals surface area (Å²) >= 11 is 0. The van der Waals surface area contributed by atoms with Crippen LogP contribution in [0.25, 0.3) is 28.5 Å². The predicted molar refractivity (Wildman–Crippen MR) is 87.4 cm³/mol. The molecule has 4 nitrogen and oxygen atoms in total. The Hall–Kier alpha value is -2.49. The highest BCUT2D eigenvalue weighted by atomic mass is 15.1. The van der Waals surface area contributed by atoms with Gasteiger partial charge in [0.15, 0.2) is 5.69 Å². The van der Waals surface area contributed by atoms with Crippen LogP contribution >= 0.6 is 0 Å². The summed E-state index contributed by atoms with van der Waals surface area (Å²) in [6.07, 6.45) is 7.07. The number of benzene rings is 1. The predicted octanol–water partition coefficient (Wildman–Crippen LogP) is 2.87. The maximum absolute atomic E-state index is 4.91. The van der Waals surface area contributed by atoms with Crippen molar-refractivity contribution in [2.75, 3.05) is 0 Å². The molecule has 4 rings (SSSR count). The molecular formula is C18H19N4+. The second kappa shape index (κ2) is 4.50. The molecular weight excluding hydrogens is 272 g/mol. The first-order valence-electron chi connectivity index (χ1n) is 7.56. The Bertz CT molecular complexity index is 948. The highest BCUT2D eigenvalue weighted by Crippen LogP contribution is 2.34. The lowest BCUT2D eigenvalue weighted by Gasteiger charge is -2.11. The van der Waals surface area contributed by atoms with Gasteiger partial charge in [-0.1, -0.05) is 11.1 Å². The molecule has 4 heteroatoms. The monoisotopic (exact) mass is 291 g/mol. The molecule has 0 amide bonds. The number of rotatable bonds is 1. The van der Waals surface area contributed by atoms with E-state index in [1.54, 1.807) is 0 Å². The minimum Gasteiger partial charge on any atom is -0.303 e. The Morgan fingerprint density at radius 1 is 1.18 bits per heavy atom. The van der Waals surface area contributed by atoms with Crippen molar-refractivity contribution in [3.8, 4) is 11.3 Å². The quantitative estimate of drug-likeness (QED) is 0.646. The van der Waals surface area contributed by atoms with Gasteiger partial charge in [0.2, 0.25) is 0 Å². The van der Waals surface area contributed by atoms with Crippen LogP contribution in [0.4, 0.5) is 0 Å². The van der Waals surface area contributed by atoms with Crippen LogP contribution < -0.4 is 4.57 Å². The lowest BCUT2D eigenvalue weighted by molar-refractivity contribution is -0.663. The van der Waals surface area contributed by atoms with E-state index in [1.165, 1.54) is 27.9 Å². The van der Waals surface area contributed by atoms with Crippen molar-refractivity contribution in [2.24, 2.45) is 7.05 Å². The van der Waals surface area contributed by atoms with Crippen LogP contribution in [0.3, 0.4) is 0 Å². The Labute approximate surface area is 129 Å². The van der Waals surface area contributed by atoms with Gasteiger partial charge in [-0.25, -0.2) is 9.55 Å². The number of allylic oxidation sites excluding steroid dienone is 1. The third-order valence-corrected chi connectivity index (χ3v) is 4.55. The van der Waals surface area contributed by atoms with Crippen molar-refractivity contribution in [3.05, 3.63) is 47.2 Å². The fourth-order valence-corrected chi connectivity index (χ4v) is 3.22. The van der Waals surface area contributed by atoms with Gasteiger partial charge in [0, 0.05) is 25.6 Å². The Kier molecular flexibility index (Phi) is 2.70. The van der Waals surface area contributed by atoms with Crippen molar-refractivity contribution in [1.82, 2.24) is 14.5 Å². The number of aromatic nitrogens is 4. The van der Waals surface area contributed by atoms with E-state index in [0.717, 1.165) is 23.5 Å². The van der Waals surface area contributed by atoms with E-state index in [0.29, 0.717) is 0 Å². The average Bonchev–Trinajstić information content (AvgIpc) is 3.05. The number of nitrogens with zero attached hydrogens (tertiary/aromatic N) is 4. The molecule has 0 N–H and O–H groups in total. The largest absolute Gasteiger partial charge is 0.303 e. The van der Waals surface area contributed by atoms with Crippen molar-refractivity contribution in [2.45, 2.75) is 27.2 Å². The number of hydrogen-bond donors (Lipinski definition) is 0. The Morgan fingerprint density at radius 3 is 2.82 bits per heavy atom. The van der Waals surface area contributed by atoms with E-state index >= 15 is 0 Å².